The summed E-state index contributed by atoms with van der Waals surface area (Å²) in [6.07, 6.45) is 4.72. The van der Waals surface area contributed by atoms with Gasteiger partial charge in [0.1, 0.15) is 0 Å². The molecule has 2 fully saturated rings. The van der Waals surface area contributed by atoms with Crippen LogP contribution in [0, 0.1) is 0 Å². The normalized spacial score (nSPS) is 32.1. The van der Waals surface area contributed by atoms with Crippen molar-refractivity contribution in [3.63, 3.8) is 0 Å². The average molecular weight is 211 g/mol. The third-order valence-electron chi connectivity index (χ3n) is 3.53. The first-order valence-electron chi connectivity index (χ1n) is 6.00. The van der Waals surface area contributed by atoms with Crippen molar-refractivity contribution in [1.29, 1.82) is 0 Å². The zero-order valence-corrected chi connectivity index (χ0v) is 9.46. The maximum absolute atomic E-state index is 11.6. The zero-order valence-electron chi connectivity index (χ0n) is 9.46. The molecule has 0 bridgehead atoms. The van der Waals surface area contributed by atoms with Gasteiger partial charge in [-0.2, -0.15) is 0 Å². The summed E-state index contributed by atoms with van der Waals surface area (Å²) in [7, 11) is 1.73. The van der Waals surface area contributed by atoms with E-state index in [4.69, 9.17) is 0 Å². The van der Waals surface area contributed by atoms with E-state index in [2.05, 4.69) is 15.5 Å². The lowest BCUT2D eigenvalue weighted by Crippen LogP contribution is -2.46. The topological polar surface area (TPSA) is 44.4 Å². The average Bonchev–Trinajstić information content (AvgIpc) is 2.88. The molecule has 2 heterocycles. The molecule has 2 aliphatic heterocycles. The highest BCUT2D eigenvalue weighted by atomic mass is 16.2. The second-order valence-electron chi connectivity index (χ2n) is 4.56. The molecular weight excluding hydrogens is 190 g/mol. The molecule has 0 aromatic carbocycles. The van der Waals surface area contributed by atoms with Crippen LogP contribution in [0.15, 0.2) is 0 Å². The van der Waals surface area contributed by atoms with Crippen molar-refractivity contribution in [2.45, 2.75) is 37.8 Å². The number of carbonyl (C=O) groups excluding carboxylic acids is 1. The van der Waals surface area contributed by atoms with Crippen molar-refractivity contribution < 1.29 is 4.79 Å². The molecule has 0 spiro atoms. The summed E-state index contributed by atoms with van der Waals surface area (Å²) in [6.45, 7) is 3.26. The molecule has 0 aliphatic carbocycles. The molecule has 0 radical (unpaired) electrons. The summed E-state index contributed by atoms with van der Waals surface area (Å²) in [4.78, 5) is 14.0. The van der Waals surface area contributed by atoms with Crippen LogP contribution in [0.1, 0.15) is 25.7 Å². The molecule has 4 heteroatoms. The Morgan fingerprint density at radius 3 is 3.00 bits per heavy atom. The highest BCUT2D eigenvalue weighted by Gasteiger charge is 2.31. The Labute approximate surface area is 91.4 Å². The van der Waals surface area contributed by atoms with Gasteiger partial charge in [0.15, 0.2) is 0 Å². The SMILES string of the molecule is CNC(=O)C1CCCN1C[C@@H]1CCCN1. The zero-order chi connectivity index (χ0) is 10.7. The van der Waals surface area contributed by atoms with Gasteiger partial charge in [-0.25, -0.2) is 0 Å². The molecule has 1 unspecified atom stereocenters. The Hall–Kier alpha value is -0.610. The lowest BCUT2D eigenvalue weighted by atomic mass is 10.1. The number of nitrogens with one attached hydrogen (secondary N) is 2. The first-order valence-corrected chi connectivity index (χ1v) is 6.00. The highest BCUT2D eigenvalue weighted by Crippen LogP contribution is 2.19. The molecule has 15 heavy (non-hydrogen) atoms. The first kappa shape index (κ1) is 10.9. The van der Waals surface area contributed by atoms with E-state index in [0.29, 0.717) is 6.04 Å². The number of nitrogens with zero attached hydrogens (tertiary/aromatic N) is 1. The fraction of sp³-hybridized carbons (Fsp3) is 0.909. The monoisotopic (exact) mass is 211 g/mol. The van der Waals surface area contributed by atoms with Crippen molar-refractivity contribution >= 4 is 5.91 Å². The molecule has 2 aliphatic rings. The molecule has 0 aromatic heterocycles. The van der Waals surface area contributed by atoms with Crippen LogP contribution in [0.2, 0.25) is 0 Å². The number of carbonyl (C=O) groups is 1. The molecule has 86 valence electrons. The molecule has 2 N–H and O–H groups in total. The quantitative estimate of drug-likeness (QED) is 0.688. The Bertz CT molecular complexity index is 226. The third-order valence-corrected chi connectivity index (χ3v) is 3.53. The van der Waals surface area contributed by atoms with Gasteiger partial charge in [-0.3, -0.25) is 9.69 Å². The second-order valence-corrected chi connectivity index (χ2v) is 4.56. The maximum atomic E-state index is 11.6. The number of likely N-dealkylation sites (N-methyl/N-ethyl adjacent to an activating group) is 1. The van der Waals surface area contributed by atoms with Gasteiger partial charge in [0.05, 0.1) is 6.04 Å². The Kier molecular flexibility index (Phi) is 3.59. The largest absolute Gasteiger partial charge is 0.358 e. The number of amides is 1. The summed E-state index contributed by atoms with van der Waals surface area (Å²) in [5.74, 6) is 0.186. The minimum Gasteiger partial charge on any atom is -0.358 e. The Morgan fingerprint density at radius 2 is 2.33 bits per heavy atom. The van der Waals surface area contributed by atoms with Gasteiger partial charge in [0, 0.05) is 19.6 Å². The predicted molar refractivity (Wildman–Crippen MR) is 59.7 cm³/mol. The summed E-state index contributed by atoms with van der Waals surface area (Å²) in [5, 5.41) is 6.25. The van der Waals surface area contributed by atoms with E-state index in [-0.39, 0.29) is 11.9 Å². The first-order chi connectivity index (χ1) is 7.31. The second kappa shape index (κ2) is 4.94. The molecule has 0 saturated carbocycles. The predicted octanol–water partition coefficient (Wildman–Crippen LogP) is -0.0512. The minimum absolute atomic E-state index is 0.123. The maximum Gasteiger partial charge on any atom is 0.237 e. The van der Waals surface area contributed by atoms with Crippen molar-refractivity contribution in [2.24, 2.45) is 0 Å². The number of rotatable bonds is 3. The van der Waals surface area contributed by atoms with Crippen molar-refractivity contribution in [3.8, 4) is 0 Å². The van der Waals surface area contributed by atoms with Crippen LogP contribution in [0.4, 0.5) is 0 Å². The van der Waals surface area contributed by atoms with E-state index < -0.39 is 0 Å². The van der Waals surface area contributed by atoms with Crippen LogP contribution < -0.4 is 10.6 Å². The van der Waals surface area contributed by atoms with Crippen molar-refractivity contribution in [3.05, 3.63) is 0 Å². The van der Waals surface area contributed by atoms with Gasteiger partial charge in [-0.1, -0.05) is 0 Å². The molecular formula is C11H21N3O. The van der Waals surface area contributed by atoms with Crippen LogP contribution in [0.5, 0.6) is 0 Å². The van der Waals surface area contributed by atoms with Gasteiger partial charge in [-0.15, -0.1) is 0 Å². The highest BCUT2D eigenvalue weighted by molar-refractivity contribution is 5.81. The van der Waals surface area contributed by atoms with E-state index in [1.165, 1.54) is 12.8 Å². The smallest absolute Gasteiger partial charge is 0.237 e. The van der Waals surface area contributed by atoms with E-state index in [1.807, 2.05) is 0 Å². The van der Waals surface area contributed by atoms with Crippen LogP contribution >= 0.6 is 0 Å². The standard InChI is InChI=1S/C11H21N3O/c1-12-11(15)10-5-3-7-14(10)8-9-4-2-6-13-9/h9-10,13H,2-8H2,1H3,(H,12,15)/t9-,10?/m0/s1. The van der Waals surface area contributed by atoms with E-state index >= 15 is 0 Å². The van der Waals surface area contributed by atoms with Gasteiger partial charge in [-0.05, 0) is 38.8 Å². The molecule has 1 amide bonds. The lowest BCUT2D eigenvalue weighted by molar-refractivity contribution is -0.125. The molecule has 0 aromatic rings. The summed E-state index contributed by atoms with van der Waals surface area (Å²) in [5.41, 5.74) is 0. The molecule has 2 rings (SSSR count). The number of hydrogen-bond donors (Lipinski definition) is 2. The van der Waals surface area contributed by atoms with E-state index in [0.717, 1.165) is 32.5 Å². The lowest BCUT2D eigenvalue weighted by Gasteiger charge is -2.25. The van der Waals surface area contributed by atoms with Crippen molar-refractivity contribution in [2.75, 3.05) is 26.7 Å². The minimum atomic E-state index is 0.123. The van der Waals surface area contributed by atoms with Crippen molar-refractivity contribution in [1.82, 2.24) is 15.5 Å². The van der Waals surface area contributed by atoms with Crippen LogP contribution in [0.3, 0.4) is 0 Å². The van der Waals surface area contributed by atoms with Crippen LogP contribution in [-0.4, -0.2) is 49.6 Å². The van der Waals surface area contributed by atoms with E-state index in [9.17, 15) is 4.79 Å². The van der Waals surface area contributed by atoms with Gasteiger partial charge >= 0.3 is 0 Å². The van der Waals surface area contributed by atoms with Gasteiger partial charge < -0.3 is 10.6 Å². The number of hydrogen-bond acceptors (Lipinski definition) is 3. The van der Waals surface area contributed by atoms with Crippen LogP contribution in [-0.2, 0) is 4.79 Å². The van der Waals surface area contributed by atoms with E-state index in [1.54, 1.807) is 7.05 Å². The molecule has 4 nitrogen and oxygen atoms in total. The summed E-state index contributed by atoms with van der Waals surface area (Å²) < 4.78 is 0. The number of likely N-dealkylation sites (tertiary alicyclic amines) is 1. The van der Waals surface area contributed by atoms with Gasteiger partial charge in [0.2, 0.25) is 5.91 Å². The fourth-order valence-electron chi connectivity index (χ4n) is 2.70. The summed E-state index contributed by atoms with van der Waals surface area (Å²) >= 11 is 0. The third kappa shape index (κ3) is 2.49. The summed E-state index contributed by atoms with van der Waals surface area (Å²) in [6, 6.07) is 0.729. The van der Waals surface area contributed by atoms with Crippen LogP contribution in [0.25, 0.3) is 0 Å². The Morgan fingerprint density at radius 1 is 1.47 bits per heavy atom. The Balaban J connectivity index is 1.86. The fourth-order valence-corrected chi connectivity index (χ4v) is 2.70. The molecule has 2 atom stereocenters. The molecule has 2 saturated heterocycles. The van der Waals surface area contributed by atoms with Gasteiger partial charge in [0.25, 0.3) is 0 Å².